The Kier molecular flexibility index (Phi) is 3.54. The summed E-state index contributed by atoms with van der Waals surface area (Å²) in [7, 11) is 3.96. The van der Waals surface area contributed by atoms with Crippen molar-refractivity contribution in [1.82, 2.24) is 20.1 Å². The third-order valence-electron chi connectivity index (χ3n) is 2.95. The van der Waals surface area contributed by atoms with E-state index in [2.05, 4.69) is 39.1 Å². The SMILES string of the molecule is CNCCc1nnc(-c2ccccc2C)n1C. The second-order valence-electron chi connectivity index (χ2n) is 4.17. The molecule has 1 aromatic heterocycles. The van der Waals surface area contributed by atoms with E-state index < -0.39 is 0 Å². The van der Waals surface area contributed by atoms with Crippen LogP contribution in [0.5, 0.6) is 0 Å². The number of aromatic nitrogens is 3. The molecular weight excluding hydrogens is 212 g/mol. The van der Waals surface area contributed by atoms with Crippen LogP contribution in [0, 0.1) is 6.92 Å². The molecule has 17 heavy (non-hydrogen) atoms. The van der Waals surface area contributed by atoms with E-state index in [0.717, 1.165) is 30.2 Å². The van der Waals surface area contributed by atoms with E-state index in [1.807, 2.05) is 26.2 Å². The molecule has 2 aromatic rings. The Bertz CT molecular complexity index is 502. The second-order valence-corrected chi connectivity index (χ2v) is 4.17. The smallest absolute Gasteiger partial charge is 0.163 e. The van der Waals surface area contributed by atoms with E-state index in [4.69, 9.17) is 0 Å². The van der Waals surface area contributed by atoms with Gasteiger partial charge in [-0.2, -0.15) is 0 Å². The summed E-state index contributed by atoms with van der Waals surface area (Å²) in [5, 5.41) is 11.7. The van der Waals surface area contributed by atoms with Gasteiger partial charge in [0.05, 0.1) is 0 Å². The van der Waals surface area contributed by atoms with Crippen LogP contribution < -0.4 is 5.32 Å². The average molecular weight is 230 g/mol. The van der Waals surface area contributed by atoms with Gasteiger partial charge in [0, 0.05) is 25.6 Å². The van der Waals surface area contributed by atoms with Gasteiger partial charge in [-0.05, 0) is 19.5 Å². The number of aryl methyl sites for hydroxylation is 1. The number of rotatable bonds is 4. The summed E-state index contributed by atoms with van der Waals surface area (Å²) in [5.74, 6) is 1.95. The minimum Gasteiger partial charge on any atom is -0.319 e. The molecule has 0 radical (unpaired) electrons. The van der Waals surface area contributed by atoms with Crippen LogP contribution >= 0.6 is 0 Å². The van der Waals surface area contributed by atoms with E-state index in [0.29, 0.717) is 0 Å². The maximum Gasteiger partial charge on any atom is 0.163 e. The molecular formula is C13H18N4. The lowest BCUT2D eigenvalue weighted by molar-refractivity contribution is 0.718. The first-order valence-electron chi connectivity index (χ1n) is 5.83. The van der Waals surface area contributed by atoms with Crippen molar-refractivity contribution in [3.8, 4) is 11.4 Å². The number of hydrogen-bond donors (Lipinski definition) is 1. The molecule has 0 fully saturated rings. The van der Waals surface area contributed by atoms with Crippen LogP contribution in [0.1, 0.15) is 11.4 Å². The maximum atomic E-state index is 4.28. The van der Waals surface area contributed by atoms with E-state index >= 15 is 0 Å². The quantitative estimate of drug-likeness (QED) is 0.866. The first kappa shape index (κ1) is 11.8. The van der Waals surface area contributed by atoms with Gasteiger partial charge in [-0.1, -0.05) is 24.3 Å². The Morgan fingerprint density at radius 1 is 1.24 bits per heavy atom. The minimum atomic E-state index is 0.895. The van der Waals surface area contributed by atoms with E-state index in [1.54, 1.807) is 0 Å². The van der Waals surface area contributed by atoms with Crippen molar-refractivity contribution in [1.29, 1.82) is 0 Å². The van der Waals surface area contributed by atoms with Gasteiger partial charge < -0.3 is 9.88 Å². The lowest BCUT2D eigenvalue weighted by Gasteiger charge is -2.06. The molecule has 0 spiro atoms. The van der Waals surface area contributed by atoms with Crippen LogP contribution in [0.2, 0.25) is 0 Å². The van der Waals surface area contributed by atoms with Gasteiger partial charge in [-0.25, -0.2) is 0 Å². The normalized spacial score (nSPS) is 10.8. The molecule has 0 aliphatic carbocycles. The molecule has 0 bridgehead atoms. The van der Waals surface area contributed by atoms with Gasteiger partial charge in [0.15, 0.2) is 5.82 Å². The molecule has 0 saturated heterocycles. The maximum absolute atomic E-state index is 4.28. The van der Waals surface area contributed by atoms with Gasteiger partial charge in [-0.3, -0.25) is 0 Å². The van der Waals surface area contributed by atoms with Crippen LogP contribution in [0.4, 0.5) is 0 Å². The third kappa shape index (κ3) is 2.36. The second kappa shape index (κ2) is 5.10. The first-order chi connectivity index (χ1) is 8.24. The average Bonchev–Trinajstić information content (AvgIpc) is 2.69. The lowest BCUT2D eigenvalue weighted by Crippen LogP contribution is -2.13. The van der Waals surface area contributed by atoms with Gasteiger partial charge in [0.25, 0.3) is 0 Å². The number of benzene rings is 1. The summed E-state index contributed by atoms with van der Waals surface area (Å²) in [6, 6.07) is 8.25. The molecule has 90 valence electrons. The summed E-state index contributed by atoms with van der Waals surface area (Å²) in [6.07, 6.45) is 0.895. The van der Waals surface area contributed by atoms with Crippen LogP contribution in [-0.4, -0.2) is 28.4 Å². The van der Waals surface area contributed by atoms with Gasteiger partial charge >= 0.3 is 0 Å². The number of hydrogen-bond acceptors (Lipinski definition) is 3. The highest BCUT2D eigenvalue weighted by atomic mass is 15.3. The molecule has 0 atom stereocenters. The van der Waals surface area contributed by atoms with Crippen molar-refractivity contribution in [2.45, 2.75) is 13.3 Å². The van der Waals surface area contributed by atoms with Gasteiger partial charge in [0.1, 0.15) is 5.82 Å². The number of nitrogens with one attached hydrogen (secondary N) is 1. The molecule has 4 nitrogen and oxygen atoms in total. The predicted molar refractivity (Wildman–Crippen MR) is 68.8 cm³/mol. The molecule has 2 rings (SSSR count). The van der Waals surface area contributed by atoms with Crippen molar-refractivity contribution < 1.29 is 0 Å². The van der Waals surface area contributed by atoms with Crippen molar-refractivity contribution >= 4 is 0 Å². The summed E-state index contributed by atoms with van der Waals surface area (Å²) in [5.41, 5.74) is 2.38. The molecule has 1 heterocycles. The summed E-state index contributed by atoms with van der Waals surface area (Å²) in [6.45, 7) is 3.01. The van der Waals surface area contributed by atoms with E-state index in [9.17, 15) is 0 Å². The summed E-state index contributed by atoms with van der Waals surface area (Å²) >= 11 is 0. The summed E-state index contributed by atoms with van der Waals surface area (Å²) in [4.78, 5) is 0. The standard InChI is InChI=1S/C13H18N4/c1-10-6-4-5-7-11(10)13-16-15-12(17(13)3)8-9-14-2/h4-7,14H,8-9H2,1-3H3. The molecule has 0 unspecified atom stereocenters. The van der Waals surface area contributed by atoms with Crippen molar-refractivity contribution in [3.63, 3.8) is 0 Å². The summed E-state index contributed by atoms with van der Waals surface area (Å²) < 4.78 is 2.07. The van der Waals surface area contributed by atoms with Gasteiger partial charge in [0.2, 0.25) is 0 Å². The zero-order chi connectivity index (χ0) is 12.3. The van der Waals surface area contributed by atoms with Crippen LogP contribution in [0.25, 0.3) is 11.4 Å². The van der Waals surface area contributed by atoms with Crippen molar-refractivity contribution in [2.75, 3.05) is 13.6 Å². The van der Waals surface area contributed by atoms with Crippen molar-refractivity contribution in [3.05, 3.63) is 35.7 Å². The fourth-order valence-electron chi connectivity index (χ4n) is 1.87. The monoisotopic (exact) mass is 230 g/mol. The topological polar surface area (TPSA) is 42.7 Å². The predicted octanol–water partition coefficient (Wildman–Crippen LogP) is 1.55. The zero-order valence-corrected chi connectivity index (χ0v) is 10.6. The Morgan fingerprint density at radius 2 is 2.00 bits per heavy atom. The van der Waals surface area contributed by atoms with E-state index in [1.165, 1.54) is 5.56 Å². The highest BCUT2D eigenvalue weighted by Crippen LogP contribution is 2.20. The fourth-order valence-corrected chi connectivity index (χ4v) is 1.87. The highest BCUT2D eigenvalue weighted by Gasteiger charge is 2.11. The minimum absolute atomic E-state index is 0.895. The van der Waals surface area contributed by atoms with Crippen LogP contribution in [0.3, 0.4) is 0 Å². The molecule has 0 aliphatic heterocycles. The lowest BCUT2D eigenvalue weighted by atomic mass is 10.1. The molecule has 0 saturated carbocycles. The molecule has 0 amide bonds. The molecule has 4 heteroatoms. The fraction of sp³-hybridized carbons (Fsp3) is 0.385. The molecule has 1 N–H and O–H groups in total. The Balaban J connectivity index is 2.34. The number of nitrogens with zero attached hydrogens (tertiary/aromatic N) is 3. The van der Waals surface area contributed by atoms with Crippen LogP contribution in [-0.2, 0) is 13.5 Å². The first-order valence-corrected chi connectivity index (χ1v) is 5.83. The van der Waals surface area contributed by atoms with E-state index in [-0.39, 0.29) is 0 Å². The Hall–Kier alpha value is -1.68. The largest absolute Gasteiger partial charge is 0.319 e. The Morgan fingerprint density at radius 3 is 2.71 bits per heavy atom. The highest BCUT2D eigenvalue weighted by molar-refractivity contribution is 5.59. The molecule has 0 aliphatic rings. The third-order valence-corrected chi connectivity index (χ3v) is 2.95. The zero-order valence-electron chi connectivity index (χ0n) is 10.6. The van der Waals surface area contributed by atoms with Gasteiger partial charge in [-0.15, -0.1) is 10.2 Å². The van der Waals surface area contributed by atoms with Crippen molar-refractivity contribution in [2.24, 2.45) is 7.05 Å². The van der Waals surface area contributed by atoms with Crippen LogP contribution in [0.15, 0.2) is 24.3 Å². The Labute approximate surface area is 102 Å². The molecule has 1 aromatic carbocycles. The number of likely N-dealkylation sites (N-methyl/N-ethyl adjacent to an activating group) is 1.